The van der Waals surface area contributed by atoms with Gasteiger partial charge in [-0.1, -0.05) is 17.7 Å². The van der Waals surface area contributed by atoms with Gasteiger partial charge in [0, 0.05) is 11.1 Å². The summed E-state index contributed by atoms with van der Waals surface area (Å²) in [6.07, 6.45) is 4.84. The molecule has 4 fully saturated rings. The number of carbonyl (C=O) groups is 1. The van der Waals surface area contributed by atoms with Gasteiger partial charge in [-0.2, -0.15) is 0 Å². The highest BCUT2D eigenvalue weighted by Crippen LogP contribution is 2.55. The minimum absolute atomic E-state index is 0.100. The predicted molar refractivity (Wildman–Crippen MR) is 96.6 cm³/mol. The topological polar surface area (TPSA) is 58.6 Å². The van der Waals surface area contributed by atoms with Gasteiger partial charge in [0.25, 0.3) is 5.91 Å². The maximum atomic E-state index is 12.9. The van der Waals surface area contributed by atoms with E-state index in [2.05, 4.69) is 5.32 Å². The molecular formula is C20H26ClNO3. The van der Waals surface area contributed by atoms with Crippen molar-refractivity contribution in [2.24, 2.45) is 17.8 Å². The molecule has 4 nitrogen and oxygen atoms in total. The molecule has 2 N–H and O–H groups in total. The normalized spacial score (nSPS) is 36.3. The molecule has 0 aliphatic heterocycles. The monoisotopic (exact) mass is 363 g/mol. The Bertz CT molecular complexity index is 673. The highest BCUT2D eigenvalue weighted by molar-refractivity contribution is 6.30. The van der Waals surface area contributed by atoms with E-state index in [1.807, 2.05) is 6.07 Å². The van der Waals surface area contributed by atoms with E-state index >= 15 is 0 Å². The summed E-state index contributed by atoms with van der Waals surface area (Å²) in [5.74, 6) is 1.90. The van der Waals surface area contributed by atoms with Crippen LogP contribution in [0.15, 0.2) is 24.3 Å². The van der Waals surface area contributed by atoms with Crippen LogP contribution in [-0.4, -0.2) is 28.3 Å². The van der Waals surface area contributed by atoms with Crippen molar-refractivity contribution < 1.29 is 14.6 Å². The number of rotatable bonds is 4. The van der Waals surface area contributed by atoms with Crippen molar-refractivity contribution in [1.82, 2.24) is 5.32 Å². The van der Waals surface area contributed by atoms with Crippen LogP contribution >= 0.6 is 11.6 Å². The first kappa shape index (κ1) is 17.2. The summed E-state index contributed by atoms with van der Waals surface area (Å²) < 4.78 is 5.91. The smallest absolute Gasteiger partial charge is 0.263 e. The summed E-state index contributed by atoms with van der Waals surface area (Å²) in [6.45, 7) is 3.57. The van der Waals surface area contributed by atoms with Crippen LogP contribution in [0, 0.1) is 17.8 Å². The fraction of sp³-hybridized carbons (Fsp3) is 0.650. The number of aliphatic hydroxyl groups is 1. The Morgan fingerprint density at radius 2 is 1.96 bits per heavy atom. The fourth-order valence-electron chi connectivity index (χ4n) is 5.41. The Morgan fingerprint density at radius 1 is 1.28 bits per heavy atom. The average molecular weight is 364 g/mol. The SMILES string of the molecule is CC(C)(Oc1cccc(Cl)c1)C(=O)NC1C2CC3CC1CC(O)(C3)C2. The number of nitrogens with one attached hydrogen (secondary N) is 1. The first-order valence-electron chi connectivity index (χ1n) is 9.22. The minimum atomic E-state index is -0.976. The van der Waals surface area contributed by atoms with E-state index in [1.165, 1.54) is 0 Å². The summed E-state index contributed by atoms with van der Waals surface area (Å²) in [6, 6.07) is 7.27. The molecule has 4 bridgehead atoms. The summed E-state index contributed by atoms with van der Waals surface area (Å²) in [4.78, 5) is 12.9. The molecule has 25 heavy (non-hydrogen) atoms. The molecule has 136 valence electrons. The van der Waals surface area contributed by atoms with Gasteiger partial charge in [-0.05, 0) is 81.9 Å². The molecule has 0 spiro atoms. The predicted octanol–water partition coefficient (Wildman–Crippen LogP) is 3.55. The molecule has 0 saturated heterocycles. The van der Waals surface area contributed by atoms with Gasteiger partial charge in [0.2, 0.25) is 0 Å². The third kappa shape index (κ3) is 3.26. The highest BCUT2D eigenvalue weighted by atomic mass is 35.5. The molecule has 0 aromatic heterocycles. The van der Waals surface area contributed by atoms with Crippen molar-refractivity contribution >= 4 is 17.5 Å². The first-order valence-corrected chi connectivity index (χ1v) is 9.60. The van der Waals surface area contributed by atoms with Crippen LogP contribution in [0.25, 0.3) is 0 Å². The number of hydrogen-bond donors (Lipinski definition) is 2. The highest BCUT2D eigenvalue weighted by Gasteiger charge is 2.55. The maximum Gasteiger partial charge on any atom is 0.263 e. The largest absolute Gasteiger partial charge is 0.478 e. The summed E-state index contributed by atoms with van der Waals surface area (Å²) >= 11 is 6.00. The van der Waals surface area contributed by atoms with E-state index in [0.717, 1.165) is 32.1 Å². The third-order valence-corrected chi connectivity index (χ3v) is 6.49. The maximum absolute atomic E-state index is 12.9. The van der Waals surface area contributed by atoms with Gasteiger partial charge >= 0.3 is 0 Å². The Hall–Kier alpha value is -1.26. The second-order valence-corrected chi connectivity index (χ2v) is 9.20. The van der Waals surface area contributed by atoms with Crippen LogP contribution in [0.3, 0.4) is 0 Å². The van der Waals surface area contributed by atoms with Gasteiger partial charge in [-0.15, -0.1) is 0 Å². The average Bonchev–Trinajstić information content (AvgIpc) is 2.48. The molecule has 4 aliphatic rings. The van der Waals surface area contributed by atoms with Gasteiger partial charge in [-0.25, -0.2) is 0 Å². The van der Waals surface area contributed by atoms with Crippen LogP contribution in [0.5, 0.6) is 5.75 Å². The van der Waals surface area contributed by atoms with Crippen LogP contribution in [0.4, 0.5) is 0 Å². The second-order valence-electron chi connectivity index (χ2n) is 8.76. The van der Waals surface area contributed by atoms with Gasteiger partial charge in [-0.3, -0.25) is 4.79 Å². The lowest BCUT2D eigenvalue weighted by Crippen LogP contribution is -2.63. The number of benzene rings is 1. The van der Waals surface area contributed by atoms with Crippen LogP contribution < -0.4 is 10.1 Å². The lowest BCUT2D eigenvalue weighted by atomic mass is 9.52. The molecule has 1 aromatic carbocycles. The van der Waals surface area contributed by atoms with E-state index in [1.54, 1.807) is 32.0 Å². The van der Waals surface area contributed by atoms with Crippen molar-refractivity contribution in [1.29, 1.82) is 0 Å². The summed E-state index contributed by atoms with van der Waals surface area (Å²) in [7, 11) is 0. The van der Waals surface area contributed by atoms with Gasteiger partial charge in [0.05, 0.1) is 5.60 Å². The molecule has 2 unspecified atom stereocenters. The fourth-order valence-corrected chi connectivity index (χ4v) is 5.59. The molecule has 0 heterocycles. The van der Waals surface area contributed by atoms with Gasteiger partial charge in [0.15, 0.2) is 5.60 Å². The van der Waals surface area contributed by atoms with Gasteiger partial charge < -0.3 is 15.2 Å². The van der Waals surface area contributed by atoms with Crippen molar-refractivity contribution in [3.05, 3.63) is 29.3 Å². The number of amides is 1. The standard InChI is InChI=1S/C20H26ClNO3/c1-19(2,25-16-5-3-4-15(21)8-16)18(23)22-17-13-6-12-7-14(17)11-20(24,9-12)10-13/h3-5,8,12-14,17,24H,6-7,9-11H2,1-2H3,(H,22,23). The van der Waals surface area contributed by atoms with E-state index in [9.17, 15) is 9.90 Å². The van der Waals surface area contributed by atoms with E-state index < -0.39 is 11.2 Å². The third-order valence-electron chi connectivity index (χ3n) is 6.25. The molecule has 4 aliphatic carbocycles. The summed E-state index contributed by atoms with van der Waals surface area (Å²) in [5, 5.41) is 14.5. The minimum Gasteiger partial charge on any atom is -0.478 e. The second kappa shape index (κ2) is 5.88. The molecule has 4 saturated carbocycles. The van der Waals surface area contributed by atoms with Crippen molar-refractivity contribution in [3.8, 4) is 5.75 Å². The molecule has 5 rings (SSSR count). The zero-order valence-electron chi connectivity index (χ0n) is 14.8. The van der Waals surface area contributed by atoms with Crippen molar-refractivity contribution in [2.45, 2.75) is 63.2 Å². The number of ether oxygens (including phenoxy) is 1. The zero-order valence-corrected chi connectivity index (χ0v) is 15.6. The Labute approximate surface area is 153 Å². The van der Waals surface area contributed by atoms with Crippen LogP contribution in [0.1, 0.15) is 46.0 Å². The Balaban J connectivity index is 1.44. The van der Waals surface area contributed by atoms with Crippen LogP contribution in [-0.2, 0) is 4.79 Å². The van der Waals surface area contributed by atoms with E-state index in [0.29, 0.717) is 28.5 Å². The lowest BCUT2D eigenvalue weighted by Gasteiger charge is -2.58. The Morgan fingerprint density at radius 3 is 2.56 bits per heavy atom. The van der Waals surface area contributed by atoms with E-state index in [4.69, 9.17) is 16.3 Å². The van der Waals surface area contributed by atoms with E-state index in [-0.39, 0.29) is 11.9 Å². The lowest BCUT2D eigenvalue weighted by molar-refractivity contribution is -0.152. The molecule has 1 amide bonds. The Kier molecular flexibility index (Phi) is 4.04. The molecule has 5 heteroatoms. The van der Waals surface area contributed by atoms with Crippen LogP contribution in [0.2, 0.25) is 5.02 Å². The number of halogens is 1. The van der Waals surface area contributed by atoms with Crippen molar-refractivity contribution in [2.75, 3.05) is 0 Å². The molecule has 1 aromatic rings. The quantitative estimate of drug-likeness (QED) is 0.860. The number of hydrogen-bond acceptors (Lipinski definition) is 3. The molecule has 2 atom stereocenters. The summed E-state index contributed by atoms with van der Waals surface area (Å²) in [5.41, 5.74) is -1.46. The number of carbonyl (C=O) groups excluding carboxylic acids is 1. The van der Waals surface area contributed by atoms with Gasteiger partial charge in [0.1, 0.15) is 5.75 Å². The first-order chi connectivity index (χ1) is 11.7. The molecule has 0 radical (unpaired) electrons. The van der Waals surface area contributed by atoms with Crippen molar-refractivity contribution in [3.63, 3.8) is 0 Å². The molecular weight excluding hydrogens is 338 g/mol. The zero-order chi connectivity index (χ0) is 17.8.